The quantitative estimate of drug-likeness (QED) is 0.652. The smallest absolute Gasteiger partial charge is 0.132 e. The van der Waals surface area contributed by atoms with Crippen LogP contribution in [0.1, 0.15) is 24.5 Å². The SMILES string of the molecule is CCC(=N)c1cc(C)cnc1N. The monoisotopic (exact) mass is 163 g/mol. The topological polar surface area (TPSA) is 62.8 Å². The molecule has 0 spiro atoms. The fourth-order valence-electron chi connectivity index (χ4n) is 1.01. The maximum absolute atomic E-state index is 7.60. The van der Waals surface area contributed by atoms with Crippen LogP contribution in [0, 0.1) is 12.3 Å². The summed E-state index contributed by atoms with van der Waals surface area (Å²) in [5, 5.41) is 7.60. The normalized spacial score (nSPS) is 9.83. The zero-order valence-electron chi connectivity index (χ0n) is 7.39. The molecule has 0 unspecified atom stereocenters. The van der Waals surface area contributed by atoms with Gasteiger partial charge in [-0.1, -0.05) is 6.92 Å². The molecule has 3 heteroatoms. The summed E-state index contributed by atoms with van der Waals surface area (Å²) in [5.41, 5.74) is 7.96. The van der Waals surface area contributed by atoms with Crippen LogP contribution in [0.2, 0.25) is 0 Å². The van der Waals surface area contributed by atoms with E-state index in [2.05, 4.69) is 4.98 Å². The second-order valence-corrected chi connectivity index (χ2v) is 2.78. The van der Waals surface area contributed by atoms with Crippen molar-refractivity contribution in [1.82, 2.24) is 4.98 Å². The highest BCUT2D eigenvalue weighted by atomic mass is 14.8. The van der Waals surface area contributed by atoms with E-state index < -0.39 is 0 Å². The van der Waals surface area contributed by atoms with Crippen LogP contribution in [0.5, 0.6) is 0 Å². The van der Waals surface area contributed by atoms with Gasteiger partial charge in [0.15, 0.2) is 0 Å². The van der Waals surface area contributed by atoms with Gasteiger partial charge in [-0.2, -0.15) is 0 Å². The summed E-state index contributed by atoms with van der Waals surface area (Å²) in [6.45, 7) is 3.88. The van der Waals surface area contributed by atoms with Gasteiger partial charge >= 0.3 is 0 Å². The number of anilines is 1. The number of nitrogens with two attached hydrogens (primary N) is 1. The summed E-state index contributed by atoms with van der Waals surface area (Å²) >= 11 is 0. The summed E-state index contributed by atoms with van der Waals surface area (Å²) in [4.78, 5) is 3.98. The maximum Gasteiger partial charge on any atom is 0.132 e. The lowest BCUT2D eigenvalue weighted by molar-refractivity contribution is 1.21. The summed E-state index contributed by atoms with van der Waals surface area (Å²) in [7, 11) is 0. The van der Waals surface area contributed by atoms with Gasteiger partial charge in [-0.15, -0.1) is 0 Å². The Bertz CT molecular complexity index is 305. The van der Waals surface area contributed by atoms with Crippen LogP contribution in [-0.2, 0) is 0 Å². The number of pyridine rings is 1. The van der Waals surface area contributed by atoms with Gasteiger partial charge in [-0.05, 0) is 25.0 Å². The minimum atomic E-state index is 0.451. The van der Waals surface area contributed by atoms with E-state index in [1.807, 2.05) is 19.9 Å². The van der Waals surface area contributed by atoms with Crippen molar-refractivity contribution in [3.63, 3.8) is 0 Å². The van der Waals surface area contributed by atoms with Crippen LogP contribution in [0.25, 0.3) is 0 Å². The van der Waals surface area contributed by atoms with E-state index in [1.165, 1.54) is 0 Å². The Morgan fingerprint density at radius 2 is 2.33 bits per heavy atom. The molecule has 0 bridgehead atoms. The first-order valence-corrected chi connectivity index (χ1v) is 3.95. The zero-order chi connectivity index (χ0) is 9.14. The van der Waals surface area contributed by atoms with E-state index >= 15 is 0 Å². The third-order valence-electron chi connectivity index (χ3n) is 1.73. The van der Waals surface area contributed by atoms with Gasteiger partial charge in [-0.25, -0.2) is 4.98 Å². The van der Waals surface area contributed by atoms with Crippen LogP contribution in [-0.4, -0.2) is 10.7 Å². The molecule has 0 aliphatic rings. The highest BCUT2D eigenvalue weighted by molar-refractivity contribution is 6.01. The Morgan fingerprint density at radius 1 is 1.67 bits per heavy atom. The van der Waals surface area contributed by atoms with Crippen molar-refractivity contribution in [3.05, 3.63) is 23.4 Å². The highest BCUT2D eigenvalue weighted by Gasteiger charge is 2.04. The zero-order valence-corrected chi connectivity index (χ0v) is 7.39. The maximum atomic E-state index is 7.60. The number of nitrogen functional groups attached to an aromatic ring is 1. The van der Waals surface area contributed by atoms with Crippen LogP contribution in [0.3, 0.4) is 0 Å². The van der Waals surface area contributed by atoms with Gasteiger partial charge in [-0.3, -0.25) is 0 Å². The van der Waals surface area contributed by atoms with Crippen molar-refractivity contribution in [2.24, 2.45) is 0 Å². The molecule has 0 aromatic carbocycles. The lowest BCUT2D eigenvalue weighted by Gasteiger charge is -2.04. The van der Waals surface area contributed by atoms with Crippen molar-refractivity contribution in [2.45, 2.75) is 20.3 Å². The standard InChI is InChI=1S/C9H13N3/c1-3-8(10)7-4-6(2)5-12-9(7)11/h4-5,10H,3H2,1-2H3,(H2,11,12). The summed E-state index contributed by atoms with van der Waals surface area (Å²) in [6, 6.07) is 1.90. The molecule has 64 valence electrons. The minimum Gasteiger partial charge on any atom is -0.383 e. The van der Waals surface area contributed by atoms with Crippen molar-refractivity contribution in [1.29, 1.82) is 5.41 Å². The Morgan fingerprint density at radius 3 is 2.92 bits per heavy atom. The average molecular weight is 163 g/mol. The first-order valence-electron chi connectivity index (χ1n) is 3.95. The van der Waals surface area contributed by atoms with E-state index in [-0.39, 0.29) is 0 Å². The summed E-state index contributed by atoms with van der Waals surface area (Å²) in [6.07, 6.45) is 2.40. The van der Waals surface area contributed by atoms with Crippen LogP contribution >= 0.6 is 0 Å². The van der Waals surface area contributed by atoms with Crippen molar-refractivity contribution >= 4 is 11.5 Å². The first-order chi connectivity index (χ1) is 5.65. The molecule has 1 rings (SSSR count). The minimum absolute atomic E-state index is 0.451. The van der Waals surface area contributed by atoms with Gasteiger partial charge in [0.1, 0.15) is 5.82 Å². The van der Waals surface area contributed by atoms with Crippen LogP contribution < -0.4 is 5.73 Å². The van der Waals surface area contributed by atoms with Gasteiger partial charge in [0.05, 0.1) is 0 Å². The van der Waals surface area contributed by atoms with Crippen molar-refractivity contribution < 1.29 is 0 Å². The second kappa shape index (κ2) is 3.34. The van der Waals surface area contributed by atoms with E-state index in [0.29, 0.717) is 18.0 Å². The molecule has 3 nitrogen and oxygen atoms in total. The lowest BCUT2D eigenvalue weighted by atomic mass is 10.1. The molecule has 0 radical (unpaired) electrons. The van der Waals surface area contributed by atoms with E-state index in [4.69, 9.17) is 11.1 Å². The van der Waals surface area contributed by atoms with E-state index in [9.17, 15) is 0 Å². The molecular weight excluding hydrogens is 150 g/mol. The molecule has 0 aliphatic carbocycles. The highest BCUT2D eigenvalue weighted by Crippen LogP contribution is 2.11. The van der Waals surface area contributed by atoms with Crippen molar-refractivity contribution in [2.75, 3.05) is 5.73 Å². The Hall–Kier alpha value is -1.38. The third kappa shape index (κ3) is 1.61. The lowest BCUT2D eigenvalue weighted by Crippen LogP contribution is -2.04. The molecular formula is C9H13N3. The number of nitrogens with zero attached hydrogens (tertiary/aromatic N) is 1. The molecule has 1 heterocycles. The van der Waals surface area contributed by atoms with Crippen LogP contribution in [0.4, 0.5) is 5.82 Å². The fraction of sp³-hybridized carbons (Fsp3) is 0.333. The summed E-state index contributed by atoms with van der Waals surface area (Å²) in [5.74, 6) is 0.451. The predicted octanol–water partition coefficient (Wildman–Crippen LogP) is 1.75. The molecule has 1 aromatic rings. The Kier molecular flexibility index (Phi) is 2.43. The molecule has 0 atom stereocenters. The molecule has 12 heavy (non-hydrogen) atoms. The molecule has 0 saturated carbocycles. The summed E-state index contributed by atoms with van der Waals surface area (Å²) < 4.78 is 0. The number of aromatic nitrogens is 1. The van der Waals surface area contributed by atoms with E-state index in [0.717, 1.165) is 11.1 Å². The average Bonchev–Trinajstić information content (AvgIpc) is 2.08. The third-order valence-corrected chi connectivity index (χ3v) is 1.73. The number of hydrogen-bond acceptors (Lipinski definition) is 3. The molecule has 3 N–H and O–H groups in total. The van der Waals surface area contributed by atoms with E-state index in [1.54, 1.807) is 6.20 Å². The van der Waals surface area contributed by atoms with Crippen molar-refractivity contribution in [3.8, 4) is 0 Å². The Labute approximate surface area is 72.1 Å². The largest absolute Gasteiger partial charge is 0.383 e. The Balaban J connectivity index is 3.13. The number of nitrogens with one attached hydrogen (secondary N) is 1. The van der Waals surface area contributed by atoms with Gasteiger partial charge in [0, 0.05) is 17.5 Å². The molecule has 0 amide bonds. The van der Waals surface area contributed by atoms with Crippen LogP contribution in [0.15, 0.2) is 12.3 Å². The molecule has 0 fully saturated rings. The molecule has 1 aromatic heterocycles. The first kappa shape index (κ1) is 8.71. The van der Waals surface area contributed by atoms with Gasteiger partial charge in [0.25, 0.3) is 0 Å². The fourth-order valence-corrected chi connectivity index (χ4v) is 1.01. The number of rotatable bonds is 2. The second-order valence-electron chi connectivity index (χ2n) is 2.78. The number of hydrogen-bond donors (Lipinski definition) is 2. The predicted molar refractivity (Wildman–Crippen MR) is 50.5 cm³/mol. The number of aryl methyl sites for hydroxylation is 1. The van der Waals surface area contributed by atoms with Gasteiger partial charge < -0.3 is 11.1 Å². The van der Waals surface area contributed by atoms with Gasteiger partial charge in [0.2, 0.25) is 0 Å². The molecule has 0 saturated heterocycles. The molecule has 0 aliphatic heterocycles.